The van der Waals surface area contributed by atoms with Gasteiger partial charge in [0, 0.05) is 17.8 Å². The van der Waals surface area contributed by atoms with E-state index in [-0.39, 0.29) is 35.1 Å². The van der Waals surface area contributed by atoms with Gasteiger partial charge in [-0.05, 0) is 49.2 Å². The van der Waals surface area contributed by atoms with E-state index in [0.717, 1.165) is 0 Å². The average Bonchev–Trinajstić information content (AvgIpc) is 3.21. The Labute approximate surface area is 229 Å². The number of ether oxygens (including phenoxy) is 1. The Bertz CT molecular complexity index is 1300. The van der Waals surface area contributed by atoms with Crippen molar-refractivity contribution in [2.75, 3.05) is 17.7 Å². The van der Waals surface area contributed by atoms with E-state index >= 15 is 0 Å². The predicted molar refractivity (Wildman–Crippen MR) is 144 cm³/mol. The van der Waals surface area contributed by atoms with Crippen molar-refractivity contribution < 1.29 is 19.1 Å². The molecule has 2 amide bonds. The first-order valence-corrected chi connectivity index (χ1v) is 13.2. The van der Waals surface area contributed by atoms with Crippen LogP contribution < -0.4 is 10.6 Å². The molecule has 1 aromatic heterocycles. The van der Waals surface area contributed by atoms with Crippen molar-refractivity contribution in [3.8, 4) is 0 Å². The lowest BCUT2D eigenvalue weighted by Crippen LogP contribution is -2.33. The lowest BCUT2D eigenvalue weighted by atomic mass is 10.0. The molecule has 0 aliphatic carbocycles. The quantitative estimate of drug-likeness (QED) is 0.258. The number of nitrogens with one attached hydrogen (secondary N) is 2. The van der Waals surface area contributed by atoms with Crippen molar-refractivity contribution in [3.05, 3.63) is 69.5 Å². The number of esters is 1. The van der Waals surface area contributed by atoms with Crippen molar-refractivity contribution in [3.63, 3.8) is 0 Å². The van der Waals surface area contributed by atoms with Crippen LogP contribution in [0.1, 0.15) is 53.4 Å². The molecule has 2 N–H and O–H groups in total. The second-order valence-electron chi connectivity index (χ2n) is 8.36. The maximum Gasteiger partial charge on any atom is 0.338 e. The van der Waals surface area contributed by atoms with Crippen LogP contribution in [-0.4, -0.2) is 44.9 Å². The third-order valence-corrected chi connectivity index (χ3v) is 6.83. The number of halogens is 2. The van der Waals surface area contributed by atoms with E-state index in [0.29, 0.717) is 32.8 Å². The molecule has 3 aromatic rings. The third-order valence-electron chi connectivity index (χ3n) is 5.27. The number of aromatic nitrogens is 3. The van der Waals surface area contributed by atoms with E-state index in [2.05, 4.69) is 20.8 Å². The second kappa shape index (κ2) is 12.9. The predicted octanol–water partition coefficient (Wildman–Crippen LogP) is 5.16. The molecule has 9 nitrogen and oxygen atoms in total. The Morgan fingerprint density at radius 3 is 2.54 bits per heavy atom. The molecule has 0 aliphatic rings. The Balaban J connectivity index is 1.65. The van der Waals surface area contributed by atoms with Gasteiger partial charge in [0.25, 0.3) is 5.91 Å². The molecule has 37 heavy (non-hydrogen) atoms. The number of rotatable bonds is 10. The lowest BCUT2D eigenvalue weighted by Gasteiger charge is -2.22. The molecule has 0 saturated carbocycles. The van der Waals surface area contributed by atoms with Crippen molar-refractivity contribution in [2.45, 2.75) is 32.0 Å². The van der Waals surface area contributed by atoms with Gasteiger partial charge in [0.15, 0.2) is 11.0 Å². The van der Waals surface area contributed by atoms with Gasteiger partial charge in [0.1, 0.15) is 0 Å². The summed E-state index contributed by atoms with van der Waals surface area (Å²) in [6.45, 7) is 5.90. The number of hydrogen-bond acceptors (Lipinski definition) is 7. The van der Waals surface area contributed by atoms with Crippen LogP contribution in [0.15, 0.2) is 47.6 Å². The molecule has 2 aromatic carbocycles. The van der Waals surface area contributed by atoms with Crippen molar-refractivity contribution in [1.82, 2.24) is 20.1 Å². The summed E-state index contributed by atoms with van der Waals surface area (Å²) in [6.07, 6.45) is 0. The number of benzene rings is 2. The number of nitrogens with zero attached hydrogens (tertiary/aromatic N) is 3. The summed E-state index contributed by atoms with van der Waals surface area (Å²) in [7, 11) is 1.77. The maximum atomic E-state index is 12.9. The van der Waals surface area contributed by atoms with E-state index in [1.54, 1.807) is 54.9 Å². The van der Waals surface area contributed by atoms with Gasteiger partial charge >= 0.3 is 5.97 Å². The van der Waals surface area contributed by atoms with Gasteiger partial charge in [-0.3, -0.25) is 9.59 Å². The summed E-state index contributed by atoms with van der Waals surface area (Å²) in [5.74, 6) is -0.494. The fraction of sp³-hybridized carbons (Fsp3) is 0.320. The van der Waals surface area contributed by atoms with Gasteiger partial charge in [0.05, 0.1) is 34.6 Å². The highest BCUT2D eigenvalue weighted by Crippen LogP contribution is 2.26. The van der Waals surface area contributed by atoms with E-state index in [9.17, 15) is 14.4 Å². The van der Waals surface area contributed by atoms with Crippen molar-refractivity contribution >= 4 is 58.4 Å². The summed E-state index contributed by atoms with van der Waals surface area (Å²) in [4.78, 5) is 37.3. The summed E-state index contributed by atoms with van der Waals surface area (Å²) in [5.41, 5.74) is 1.14. The van der Waals surface area contributed by atoms with Crippen LogP contribution in [0.2, 0.25) is 10.0 Å². The highest BCUT2D eigenvalue weighted by molar-refractivity contribution is 7.99. The summed E-state index contributed by atoms with van der Waals surface area (Å²) in [6, 6.07) is 10.8. The number of carbonyl (C=O) groups excluding carboxylic acids is 3. The van der Waals surface area contributed by atoms with E-state index in [1.807, 2.05) is 13.8 Å². The zero-order valence-electron chi connectivity index (χ0n) is 20.7. The van der Waals surface area contributed by atoms with E-state index in [4.69, 9.17) is 27.9 Å². The van der Waals surface area contributed by atoms with Crippen LogP contribution >= 0.6 is 35.0 Å². The molecule has 1 heterocycles. The van der Waals surface area contributed by atoms with Gasteiger partial charge in [-0.1, -0.05) is 54.9 Å². The van der Waals surface area contributed by atoms with Crippen LogP contribution in [0.3, 0.4) is 0 Å². The summed E-state index contributed by atoms with van der Waals surface area (Å²) >= 11 is 13.3. The first-order chi connectivity index (χ1) is 17.6. The average molecular weight is 564 g/mol. The van der Waals surface area contributed by atoms with Gasteiger partial charge in [-0.15, -0.1) is 10.2 Å². The van der Waals surface area contributed by atoms with Crippen LogP contribution in [0.5, 0.6) is 0 Å². The number of hydrogen-bond donors (Lipinski definition) is 2. The van der Waals surface area contributed by atoms with Gasteiger partial charge in [-0.2, -0.15) is 0 Å². The number of carbonyl (C=O) groups is 3. The minimum absolute atomic E-state index is 0.00857. The molecule has 0 radical (unpaired) electrons. The molecule has 0 fully saturated rings. The zero-order chi connectivity index (χ0) is 27.1. The molecule has 0 bridgehead atoms. The Kier molecular flexibility index (Phi) is 9.96. The Morgan fingerprint density at radius 1 is 1.11 bits per heavy atom. The molecule has 3 rings (SSSR count). The summed E-state index contributed by atoms with van der Waals surface area (Å²) in [5, 5.41) is 15.4. The Morgan fingerprint density at radius 2 is 1.86 bits per heavy atom. The monoisotopic (exact) mass is 563 g/mol. The molecule has 0 unspecified atom stereocenters. The SMILES string of the molecule is CCOC(=O)c1cccc(NC(=O)CSc2nnc([C@H](NC(=O)c3ccc(Cl)cc3Cl)C(C)C)n2C)c1. The van der Waals surface area contributed by atoms with Crippen LogP contribution in [-0.2, 0) is 16.6 Å². The normalized spacial score (nSPS) is 11.8. The molecular weight excluding hydrogens is 537 g/mol. The standard InChI is InChI=1S/C25H27Cl2N5O4S/c1-5-36-24(35)15-7-6-8-17(11-15)28-20(33)13-37-25-31-30-22(32(25)4)21(14(2)3)29-23(34)18-10-9-16(26)12-19(18)27/h6-12,14,21H,5,13H2,1-4H3,(H,28,33)(H,29,34)/t21-/m1/s1. The number of amides is 2. The highest BCUT2D eigenvalue weighted by atomic mass is 35.5. The fourth-order valence-electron chi connectivity index (χ4n) is 3.41. The molecule has 1 atom stereocenters. The first-order valence-electron chi connectivity index (χ1n) is 11.5. The van der Waals surface area contributed by atoms with Gasteiger partial charge < -0.3 is 19.9 Å². The molecule has 0 spiro atoms. The molecule has 12 heteroatoms. The third kappa shape index (κ3) is 7.47. The molecular formula is C25H27Cl2N5O4S. The fourth-order valence-corrected chi connectivity index (χ4v) is 4.62. The minimum atomic E-state index is -0.454. The van der Waals surface area contributed by atoms with Gasteiger partial charge in [0.2, 0.25) is 5.91 Å². The van der Waals surface area contributed by atoms with E-state index in [1.165, 1.54) is 17.8 Å². The number of anilines is 1. The van der Waals surface area contributed by atoms with E-state index < -0.39 is 12.0 Å². The largest absolute Gasteiger partial charge is 0.462 e. The summed E-state index contributed by atoms with van der Waals surface area (Å²) < 4.78 is 6.74. The Hall–Kier alpha value is -3.08. The number of thioether (sulfide) groups is 1. The zero-order valence-corrected chi connectivity index (χ0v) is 23.1. The van der Waals surface area contributed by atoms with Crippen molar-refractivity contribution in [2.24, 2.45) is 13.0 Å². The van der Waals surface area contributed by atoms with Crippen LogP contribution in [0.4, 0.5) is 5.69 Å². The molecule has 196 valence electrons. The topological polar surface area (TPSA) is 115 Å². The second-order valence-corrected chi connectivity index (χ2v) is 10.1. The smallest absolute Gasteiger partial charge is 0.338 e. The van der Waals surface area contributed by atoms with Crippen LogP contribution in [0, 0.1) is 5.92 Å². The molecule has 0 saturated heterocycles. The molecule has 0 aliphatic heterocycles. The lowest BCUT2D eigenvalue weighted by molar-refractivity contribution is -0.113. The van der Waals surface area contributed by atoms with Crippen LogP contribution in [0.25, 0.3) is 0 Å². The highest BCUT2D eigenvalue weighted by Gasteiger charge is 2.26. The van der Waals surface area contributed by atoms with Gasteiger partial charge in [-0.25, -0.2) is 4.79 Å². The first kappa shape index (κ1) is 28.5. The van der Waals surface area contributed by atoms with Crippen molar-refractivity contribution in [1.29, 1.82) is 0 Å². The maximum absolute atomic E-state index is 12.9. The minimum Gasteiger partial charge on any atom is -0.462 e.